The molecule has 0 spiro atoms. The summed E-state index contributed by atoms with van der Waals surface area (Å²) in [5.74, 6) is -2.09. The van der Waals surface area contributed by atoms with Crippen molar-refractivity contribution in [3.05, 3.63) is 77.3 Å². The molecule has 0 unspecified atom stereocenters. The van der Waals surface area contributed by atoms with Crippen molar-refractivity contribution in [1.82, 2.24) is 14.9 Å². The topological polar surface area (TPSA) is 75.4 Å². The number of carbonyl (C=O) groups is 1. The van der Waals surface area contributed by atoms with Gasteiger partial charge in [-0.2, -0.15) is 9.97 Å². The van der Waals surface area contributed by atoms with E-state index in [-0.39, 0.29) is 44.0 Å². The van der Waals surface area contributed by atoms with E-state index in [2.05, 4.69) is 64.5 Å². The van der Waals surface area contributed by atoms with Gasteiger partial charge in [-0.3, -0.25) is 4.79 Å². The fraction of sp³-hybridized carbons (Fsp3) is 0.471. The highest BCUT2D eigenvalue weighted by molar-refractivity contribution is 5.97. The average Bonchev–Trinajstić information content (AvgIpc) is 3.02. The van der Waals surface area contributed by atoms with Gasteiger partial charge in [-0.15, -0.1) is 0 Å². The van der Waals surface area contributed by atoms with Gasteiger partial charge < -0.3 is 29.0 Å². The van der Waals surface area contributed by atoms with Crippen LogP contribution in [0.25, 0.3) is 15.6 Å². The number of aryl methyl sites for hydroxylation is 1. The number of hydrogen-bond donors (Lipinski definition) is 0. The standard InChI is InChI=1S/C34H38F2N6O3/c1-5-30(43)42-15-14-41(19-25(42)18-37-4)32-27-12-13-40(29-11-7-10-24-9-6-8-22(2)31(24)29)20-28(27)38-33(39-32)44-21-23(3)45-26-16-34(35,36)17-26/h5-11,23,25-26H,1,12-21H2,2-3H3/t23-,25-/m0/s1. The first-order valence-corrected chi connectivity index (χ1v) is 15.5. The lowest BCUT2D eigenvalue weighted by atomic mass is 9.91. The van der Waals surface area contributed by atoms with E-state index >= 15 is 0 Å². The molecule has 2 aliphatic heterocycles. The molecule has 0 bridgehead atoms. The number of rotatable bonds is 9. The van der Waals surface area contributed by atoms with Crippen LogP contribution in [0.4, 0.5) is 20.3 Å². The number of fused-ring (bicyclic) bond motifs is 2. The van der Waals surface area contributed by atoms with E-state index in [9.17, 15) is 13.6 Å². The van der Waals surface area contributed by atoms with Gasteiger partial charge in [0.25, 0.3) is 5.92 Å². The molecule has 236 valence electrons. The number of halogens is 2. The Hall–Kier alpha value is -4.30. The molecule has 6 rings (SSSR count). The van der Waals surface area contributed by atoms with Crippen molar-refractivity contribution in [1.29, 1.82) is 0 Å². The maximum atomic E-state index is 13.3. The summed E-state index contributed by atoms with van der Waals surface area (Å²) in [6.07, 6.45) is 0.565. The second-order valence-electron chi connectivity index (χ2n) is 12.2. The lowest BCUT2D eigenvalue weighted by molar-refractivity contribution is -0.182. The van der Waals surface area contributed by atoms with Crippen LogP contribution in [0, 0.1) is 13.5 Å². The second kappa shape index (κ2) is 12.6. The van der Waals surface area contributed by atoms with Crippen LogP contribution in [-0.2, 0) is 22.5 Å². The van der Waals surface area contributed by atoms with E-state index in [4.69, 9.17) is 26.0 Å². The fourth-order valence-electron chi connectivity index (χ4n) is 6.67. The van der Waals surface area contributed by atoms with E-state index in [0.717, 1.165) is 29.3 Å². The zero-order chi connectivity index (χ0) is 31.7. The van der Waals surface area contributed by atoms with Crippen LogP contribution in [0.2, 0.25) is 0 Å². The van der Waals surface area contributed by atoms with Crippen LogP contribution in [0.3, 0.4) is 0 Å². The number of ether oxygens (including phenoxy) is 2. The zero-order valence-corrected chi connectivity index (χ0v) is 25.7. The summed E-state index contributed by atoms with van der Waals surface area (Å²) < 4.78 is 38.5. The van der Waals surface area contributed by atoms with Crippen molar-refractivity contribution in [3.8, 4) is 6.01 Å². The van der Waals surface area contributed by atoms with Gasteiger partial charge in [-0.05, 0) is 43.4 Å². The number of benzene rings is 2. The number of nitrogens with zero attached hydrogens (tertiary/aromatic N) is 6. The quantitative estimate of drug-likeness (QED) is 0.242. The summed E-state index contributed by atoms with van der Waals surface area (Å²) in [4.78, 5) is 32.0. The molecule has 1 aromatic heterocycles. The van der Waals surface area contributed by atoms with Crippen molar-refractivity contribution in [2.75, 3.05) is 49.1 Å². The van der Waals surface area contributed by atoms with Gasteiger partial charge in [0.05, 0.1) is 24.4 Å². The summed E-state index contributed by atoms with van der Waals surface area (Å²) in [7, 11) is 0. The maximum Gasteiger partial charge on any atom is 0.318 e. The van der Waals surface area contributed by atoms with Crippen LogP contribution in [0.1, 0.15) is 36.6 Å². The average molecular weight is 617 g/mol. The van der Waals surface area contributed by atoms with E-state index in [1.54, 1.807) is 11.8 Å². The van der Waals surface area contributed by atoms with Crippen LogP contribution in [0.5, 0.6) is 6.01 Å². The first-order chi connectivity index (χ1) is 21.7. The second-order valence-corrected chi connectivity index (χ2v) is 12.2. The first-order valence-electron chi connectivity index (χ1n) is 15.5. The number of amides is 1. The van der Waals surface area contributed by atoms with Crippen LogP contribution in [-0.4, -0.2) is 84.3 Å². The molecule has 0 radical (unpaired) electrons. The third-order valence-corrected chi connectivity index (χ3v) is 8.92. The number of hydrogen-bond acceptors (Lipinski definition) is 7. The molecule has 3 aromatic rings. The minimum atomic E-state index is -2.65. The molecule has 9 nitrogen and oxygen atoms in total. The van der Waals surface area contributed by atoms with Gasteiger partial charge >= 0.3 is 6.01 Å². The number of piperazine rings is 1. The van der Waals surface area contributed by atoms with Gasteiger partial charge in [0, 0.05) is 55.7 Å². The van der Waals surface area contributed by atoms with Crippen molar-refractivity contribution in [2.24, 2.45) is 0 Å². The number of aromatic nitrogens is 2. The normalized spacial score (nSPS) is 20.2. The van der Waals surface area contributed by atoms with Gasteiger partial charge in [0.15, 0.2) is 0 Å². The number of alkyl halides is 2. The van der Waals surface area contributed by atoms with E-state index in [1.165, 1.54) is 22.4 Å². The molecular weight excluding hydrogens is 578 g/mol. The lowest BCUT2D eigenvalue weighted by Gasteiger charge is -2.41. The SMILES string of the molecule is [C-]#[N+]C[C@H]1CN(c2nc(OC[C@H](C)OC3CC(F)(F)C3)nc3c2CCN(c2cccc4cccc(C)c24)C3)CCN1C(=O)C=C. The molecule has 1 saturated carbocycles. The molecule has 3 aliphatic rings. The molecule has 11 heteroatoms. The summed E-state index contributed by atoms with van der Waals surface area (Å²) in [5.41, 5.74) is 4.23. The molecule has 2 fully saturated rings. The molecule has 3 heterocycles. The van der Waals surface area contributed by atoms with E-state index in [0.29, 0.717) is 32.6 Å². The highest BCUT2D eigenvalue weighted by Crippen LogP contribution is 2.40. The van der Waals surface area contributed by atoms with E-state index in [1.807, 2.05) is 0 Å². The molecular formula is C34H38F2N6O3. The highest BCUT2D eigenvalue weighted by Gasteiger charge is 2.46. The molecule has 1 amide bonds. The van der Waals surface area contributed by atoms with Crippen LogP contribution >= 0.6 is 0 Å². The van der Waals surface area contributed by atoms with Crippen molar-refractivity contribution in [2.45, 2.75) is 63.8 Å². The summed E-state index contributed by atoms with van der Waals surface area (Å²) in [5, 5.41) is 2.40. The smallest absolute Gasteiger partial charge is 0.318 e. The van der Waals surface area contributed by atoms with Gasteiger partial charge in [0.1, 0.15) is 18.5 Å². The van der Waals surface area contributed by atoms with Gasteiger partial charge in [-0.25, -0.2) is 15.4 Å². The Bertz CT molecular complexity index is 1630. The molecule has 45 heavy (non-hydrogen) atoms. The Morgan fingerprint density at radius 1 is 1.18 bits per heavy atom. The van der Waals surface area contributed by atoms with Gasteiger partial charge in [-0.1, -0.05) is 36.9 Å². The van der Waals surface area contributed by atoms with Crippen molar-refractivity contribution < 1.29 is 23.0 Å². The Morgan fingerprint density at radius 3 is 2.69 bits per heavy atom. The van der Waals surface area contributed by atoms with Crippen LogP contribution in [0.15, 0.2) is 49.1 Å². The molecule has 1 aliphatic carbocycles. The summed E-state index contributed by atoms with van der Waals surface area (Å²) >= 11 is 0. The first kappa shape index (κ1) is 30.7. The Morgan fingerprint density at radius 2 is 1.96 bits per heavy atom. The lowest BCUT2D eigenvalue weighted by Crippen LogP contribution is -2.56. The third kappa shape index (κ3) is 6.43. The predicted octanol–water partition coefficient (Wildman–Crippen LogP) is 5.21. The Kier molecular flexibility index (Phi) is 8.60. The van der Waals surface area contributed by atoms with Crippen LogP contribution < -0.4 is 14.5 Å². The fourth-order valence-corrected chi connectivity index (χ4v) is 6.67. The van der Waals surface area contributed by atoms with Gasteiger partial charge in [0.2, 0.25) is 12.5 Å². The number of anilines is 2. The third-order valence-electron chi connectivity index (χ3n) is 8.92. The summed E-state index contributed by atoms with van der Waals surface area (Å²) in [6.45, 7) is 18.1. The molecule has 2 aromatic carbocycles. The predicted molar refractivity (Wildman–Crippen MR) is 169 cm³/mol. The van der Waals surface area contributed by atoms with Crippen molar-refractivity contribution in [3.63, 3.8) is 0 Å². The number of carbonyl (C=O) groups excluding carboxylic acids is 1. The monoisotopic (exact) mass is 616 g/mol. The summed E-state index contributed by atoms with van der Waals surface area (Å²) in [6, 6.07) is 12.6. The molecule has 0 N–H and O–H groups in total. The molecule has 2 atom stereocenters. The van der Waals surface area contributed by atoms with E-state index < -0.39 is 18.1 Å². The highest BCUT2D eigenvalue weighted by atomic mass is 19.3. The maximum absolute atomic E-state index is 13.3. The Labute approximate surface area is 262 Å². The minimum Gasteiger partial charge on any atom is -0.461 e. The minimum absolute atomic E-state index is 0.120. The van der Waals surface area contributed by atoms with Crippen molar-refractivity contribution >= 4 is 28.2 Å². The largest absolute Gasteiger partial charge is 0.461 e. The molecule has 1 saturated heterocycles. The Balaban J connectivity index is 1.29. The zero-order valence-electron chi connectivity index (χ0n) is 25.7.